The second-order valence-corrected chi connectivity index (χ2v) is 6.68. The molecule has 2 rings (SSSR count). The van der Waals surface area contributed by atoms with Gasteiger partial charge in [-0.15, -0.1) is 0 Å². The van der Waals surface area contributed by atoms with Crippen LogP contribution in [0.5, 0.6) is 5.75 Å². The van der Waals surface area contributed by atoms with E-state index in [1.54, 1.807) is 13.2 Å². The molecule has 2 N–H and O–H groups in total. The van der Waals surface area contributed by atoms with Crippen LogP contribution in [0, 0.1) is 0 Å². The zero-order valence-electron chi connectivity index (χ0n) is 18.1. The first-order chi connectivity index (χ1) is 14.8. The summed E-state index contributed by atoms with van der Waals surface area (Å²) in [4.78, 5) is 8.49. The average Bonchev–Trinajstić information content (AvgIpc) is 2.80. The number of nitrogens with zero attached hydrogens (tertiary/aromatic N) is 2. The summed E-state index contributed by atoms with van der Waals surface area (Å²) in [5, 5.41) is 6.54. The van der Waals surface area contributed by atoms with Gasteiger partial charge in [-0.1, -0.05) is 31.5 Å². The van der Waals surface area contributed by atoms with Crippen molar-refractivity contribution in [2.45, 2.75) is 32.9 Å². The van der Waals surface area contributed by atoms with Crippen molar-refractivity contribution in [3.63, 3.8) is 0 Å². The smallest absolute Gasteiger partial charge is 0.191 e. The monoisotopic (exact) mass is 414 g/mol. The molecule has 30 heavy (non-hydrogen) atoms. The van der Waals surface area contributed by atoms with Crippen molar-refractivity contribution in [3.05, 3.63) is 59.9 Å². The molecule has 0 aliphatic carbocycles. The number of benzene rings is 1. The molecule has 0 unspecified atom stereocenters. The van der Waals surface area contributed by atoms with Gasteiger partial charge in [-0.2, -0.15) is 0 Å². The maximum absolute atomic E-state index is 5.76. The van der Waals surface area contributed by atoms with Crippen molar-refractivity contribution >= 4 is 5.96 Å². The normalized spacial score (nSPS) is 11.3. The van der Waals surface area contributed by atoms with E-state index in [4.69, 9.17) is 14.2 Å². The SMILES string of the molecule is CCCCOCCOCCNC(=NC)NCc1ccc(OCc2ccccn2)cc1. The zero-order valence-corrected chi connectivity index (χ0v) is 18.1. The quantitative estimate of drug-likeness (QED) is 0.281. The first-order valence-electron chi connectivity index (χ1n) is 10.5. The maximum atomic E-state index is 5.76. The van der Waals surface area contributed by atoms with E-state index < -0.39 is 0 Å². The number of nitrogens with one attached hydrogen (secondary N) is 2. The van der Waals surface area contributed by atoms with Crippen molar-refractivity contribution < 1.29 is 14.2 Å². The van der Waals surface area contributed by atoms with E-state index in [2.05, 4.69) is 27.5 Å². The number of pyridine rings is 1. The fourth-order valence-electron chi connectivity index (χ4n) is 2.56. The van der Waals surface area contributed by atoms with Crippen molar-refractivity contribution in [3.8, 4) is 5.75 Å². The lowest BCUT2D eigenvalue weighted by Gasteiger charge is -2.13. The molecule has 7 heteroatoms. The van der Waals surface area contributed by atoms with E-state index in [1.807, 2.05) is 42.5 Å². The van der Waals surface area contributed by atoms with E-state index in [9.17, 15) is 0 Å². The lowest BCUT2D eigenvalue weighted by molar-refractivity contribution is 0.0487. The predicted molar refractivity (Wildman–Crippen MR) is 120 cm³/mol. The molecule has 0 fully saturated rings. The van der Waals surface area contributed by atoms with E-state index >= 15 is 0 Å². The number of unbranched alkanes of at least 4 members (excludes halogenated alkanes) is 1. The number of hydrogen-bond acceptors (Lipinski definition) is 5. The van der Waals surface area contributed by atoms with Gasteiger partial charge in [0.25, 0.3) is 0 Å². The van der Waals surface area contributed by atoms with Crippen molar-refractivity contribution in [2.75, 3.05) is 40.0 Å². The Kier molecular flexibility index (Phi) is 12.0. The van der Waals surface area contributed by atoms with Crippen LogP contribution in [-0.2, 0) is 22.6 Å². The highest BCUT2D eigenvalue weighted by Crippen LogP contribution is 2.13. The van der Waals surface area contributed by atoms with Gasteiger partial charge < -0.3 is 24.8 Å². The fraction of sp³-hybridized carbons (Fsp3) is 0.478. The molecule has 7 nitrogen and oxygen atoms in total. The molecular weight excluding hydrogens is 380 g/mol. The number of aliphatic imine (C=N–C) groups is 1. The van der Waals surface area contributed by atoms with E-state index in [1.165, 1.54) is 0 Å². The molecule has 0 amide bonds. The number of ether oxygens (including phenoxy) is 3. The molecule has 0 bridgehead atoms. The largest absolute Gasteiger partial charge is 0.487 e. The molecule has 1 aromatic carbocycles. The third-order valence-electron chi connectivity index (χ3n) is 4.27. The van der Waals surface area contributed by atoms with Gasteiger partial charge in [0.2, 0.25) is 0 Å². The van der Waals surface area contributed by atoms with Crippen LogP contribution >= 0.6 is 0 Å². The van der Waals surface area contributed by atoms with Gasteiger partial charge in [-0.25, -0.2) is 0 Å². The Labute approximate surface area is 179 Å². The number of rotatable bonds is 14. The number of guanidine groups is 1. The van der Waals surface area contributed by atoms with Gasteiger partial charge in [0, 0.05) is 32.9 Å². The Bertz CT molecular complexity index is 708. The van der Waals surface area contributed by atoms with Crippen molar-refractivity contribution in [2.24, 2.45) is 4.99 Å². The Hall–Kier alpha value is -2.64. The summed E-state index contributed by atoms with van der Waals surface area (Å²) in [6.45, 7) is 6.66. The van der Waals surface area contributed by atoms with Gasteiger partial charge in [-0.3, -0.25) is 9.98 Å². The zero-order chi connectivity index (χ0) is 21.3. The van der Waals surface area contributed by atoms with Crippen LogP contribution in [0.25, 0.3) is 0 Å². The van der Waals surface area contributed by atoms with Crippen molar-refractivity contribution in [1.82, 2.24) is 15.6 Å². The molecule has 0 aliphatic heterocycles. The Morgan fingerprint density at radius 2 is 1.77 bits per heavy atom. The van der Waals surface area contributed by atoms with Gasteiger partial charge in [0.05, 0.1) is 25.5 Å². The lowest BCUT2D eigenvalue weighted by atomic mass is 10.2. The molecule has 0 saturated carbocycles. The summed E-state index contributed by atoms with van der Waals surface area (Å²) in [6, 6.07) is 13.8. The second kappa shape index (κ2) is 15.2. The molecule has 0 spiro atoms. The molecule has 1 heterocycles. The number of hydrogen-bond donors (Lipinski definition) is 2. The summed E-state index contributed by atoms with van der Waals surface area (Å²) in [5.41, 5.74) is 2.05. The van der Waals surface area contributed by atoms with Crippen LogP contribution in [-0.4, -0.2) is 51.0 Å². The van der Waals surface area contributed by atoms with Gasteiger partial charge in [-0.05, 0) is 36.2 Å². The molecule has 2 aromatic rings. The first-order valence-corrected chi connectivity index (χ1v) is 10.5. The molecule has 0 radical (unpaired) electrons. The van der Waals surface area contributed by atoms with Gasteiger partial charge >= 0.3 is 0 Å². The standard InChI is InChI=1S/C23H34N4O3/c1-3-4-14-28-16-17-29-15-13-26-23(24-2)27-18-20-8-10-22(11-9-20)30-19-21-7-5-6-12-25-21/h5-12H,3-4,13-19H2,1-2H3,(H2,24,26,27). The summed E-state index contributed by atoms with van der Waals surface area (Å²) in [6.07, 6.45) is 4.02. The summed E-state index contributed by atoms with van der Waals surface area (Å²) in [5.74, 6) is 1.57. The highest BCUT2D eigenvalue weighted by molar-refractivity contribution is 5.79. The maximum Gasteiger partial charge on any atom is 0.191 e. The van der Waals surface area contributed by atoms with Gasteiger partial charge in [0.1, 0.15) is 12.4 Å². The topological polar surface area (TPSA) is 77.0 Å². The fourth-order valence-corrected chi connectivity index (χ4v) is 2.56. The van der Waals surface area contributed by atoms with E-state index in [-0.39, 0.29) is 0 Å². The molecule has 0 saturated heterocycles. The van der Waals surface area contributed by atoms with Crippen LogP contribution in [0.2, 0.25) is 0 Å². The molecule has 0 aliphatic rings. The van der Waals surface area contributed by atoms with Crippen LogP contribution in [0.1, 0.15) is 31.0 Å². The second-order valence-electron chi connectivity index (χ2n) is 6.68. The first kappa shape index (κ1) is 23.6. The number of aromatic nitrogens is 1. The minimum atomic E-state index is 0.460. The van der Waals surface area contributed by atoms with Crippen molar-refractivity contribution in [1.29, 1.82) is 0 Å². The molecule has 164 valence electrons. The highest BCUT2D eigenvalue weighted by Gasteiger charge is 2.00. The predicted octanol–water partition coefficient (Wildman–Crippen LogP) is 3.16. The molecule has 0 atom stereocenters. The third kappa shape index (κ3) is 10.2. The highest BCUT2D eigenvalue weighted by atomic mass is 16.5. The summed E-state index contributed by atoms with van der Waals surface area (Å²) >= 11 is 0. The lowest BCUT2D eigenvalue weighted by Crippen LogP contribution is -2.38. The summed E-state index contributed by atoms with van der Waals surface area (Å²) in [7, 11) is 1.76. The van der Waals surface area contributed by atoms with Gasteiger partial charge in [0.15, 0.2) is 5.96 Å². The Morgan fingerprint density at radius 3 is 2.47 bits per heavy atom. The van der Waals surface area contributed by atoms with Crippen LogP contribution in [0.3, 0.4) is 0 Å². The average molecular weight is 415 g/mol. The summed E-state index contributed by atoms with van der Waals surface area (Å²) < 4.78 is 16.8. The van der Waals surface area contributed by atoms with Crippen LogP contribution < -0.4 is 15.4 Å². The Balaban J connectivity index is 1.58. The van der Waals surface area contributed by atoms with E-state index in [0.29, 0.717) is 39.5 Å². The molecule has 1 aromatic heterocycles. The van der Waals surface area contributed by atoms with Crippen LogP contribution in [0.15, 0.2) is 53.7 Å². The van der Waals surface area contributed by atoms with Crippen LogP contribution in [0.4, 0.5) is 0 Å². The van der Waals surface area contributed by atoms with E-state index in [0.717, 1.165) is 42.4 Å². The minimum Gasteiger partial charge on any atom is -0.487 e. The minimum absolute atomic E-state index is 0.460. The Morgan fingerprint density at radius 1 is 0.967 bits per heavy atom. The molecular formula is C23H34N4O3. The third-order valence-corrected chi connectivity index (χ3v) is 4.27.